The first-order valence-corrected chi connectivity index (χ1v) is 6.91. The van der Waals surface area contributed by atoms with Gasteiger partial charge in [0.2, 0.25) is 17.7 Å². The van der Waals surface area contributed by atoms with Crippen LogP contribution in [0, 0.1) is 0 Å². The Balaban J connectivity index is 2.07. The molecule has 0 spiro atoms. The first-order chi connectivity index (χ1) is 9.41. The van der Waals surface area contributed by atoms with E-state index >= 15 is 0 Å². The summed E-state index contributed by atoms with van der Waals surface area (Å²) in [6.07, 6.45) is 0. The van der Waals surface area contributed by atoms with Gasteiger partial charge in [-0.1, -0.05) is 20.8 Å². The molecule has 1 aliphatic rings. The van der Waals surface area contributed by atoms with Crippen molar-refractivity contribution in [1.82, 2.24) is 25.7 Å². The topological polar surface area (TPSA) is 83.3 Å². The zero-order chi connectivity index (χ0) is 14.8. The van der Waals surface area contributed by atoms with E-state index in [1.165, 1.54) is 0 Å². The zero-order valence-electron chi connectivity index (χ0n) is 12.6. The predicted molar refractivity (Wildman–Crippen MR) is 74.1 cm³/mol. The Morgan fingerprint density at radius 1 is 1.50 bits per heavy atom. The number of hydrogen-bond acceptors (Lipinski definition) is 6. The van der Waals surface area contributed by atoms with Gasteiger partial charge in [-0.05, 0) is 0 Å². The Kier molecular flexibility index (Phi) is 4.39. The van der Waals surface area contributed by atoms with E-state index in [1.54, 1.807) is 7.05 Å². The van der Waals surface area contributed by atoms with E-state index in [1.807, 2.05) is 20.8 Å². The second-order valence-corrected chi connectivity index (χ2v) is 6.06. The Bertz CT molecular complexity index is 466. The van der Waals surface area contributed by atoms with Gasteiger partial charge < -0.3 is 15.1 Å². The number of hydrogen-bond donors (Lipinski definition) is 2. The van der Waals surface area contributed by atoms with Crippen LogP contribution >= 0.6 is 0 Å². The van der Waals surface area contributed by atoms with Crippen molar-refractivity contribution >= 4 is 5.91 Å². The summed E-state index contributed by atoms with van der Waals surface area (Å²) < 4.78 is 5.70. The summed E-state index contributed by atoms with van der Waals surface area (Å²) in [6.45, 7) is 8.87. The number of rotatable bonds is 3. The molecule has 7 heteroatoms. The average Bonchev–Trinajstić information content (AvgIpc) is 2.87. The quantitative estimate of drug-likeness (QED) is 0.804. The van der Waals surface area contributed by atoms with Gasteiger partial charge in [0.1, 0.15) is 6.04 Å². The fraction of sp³-hybridized carbons (Fsp3) is 0.769. The van der Waals surface area contributed by atoms with Crippen LogP contribution in [0.2, 0.25) is 0 Å². The SMILES string of the molecule is CNC(=O)C1CNCCN1Cc1nnc(C(C)(C)C)o1. The molecule has 1 saturated heterocycles. The van der Waals surface area contributed by atoms with Gasteiger partial charge in [-0.2, -0.15) is 0 Å². The molecule has 1 aromatic rings. The lowest BCUT2D eigenvalue weighted by molar-refractivity contribution is -0.126. The van der Waals surface area contributed by atoms with E-state index in [9.17, 15) is 4.79 Å². The number of likely N-dealkylation sites (N-methyl/N-ethyl adjacent to an activating group) is 1. The van der Waals surface area contributed by atoms with Crippen molar-refractivity contribution in [3.63, 3.8) is 0 Å². The predicted octanol–water partition coefficient (Wildman–Crippen LogP) is -0.113. The fourth-order valence-corrected chi connectivity index (χ4v) is 2.16. The summed E-state index contributed by atoms with van der Waals surface area (Å²) in [6, 6.07) is -0.196. The summed E-state index contributed by atoms with van der Waals surface area (Å²) in [5, 5.41) is 14.1. The summed E-state index contributed by atoms with van der Waals surface area (Å²) in [5.74, 6) is 1.19. The smallest absolute Gasteiger partial charge is 0.238 e. The van der Waals surface area contributed by atoms with Crippen LogP contribution in [0.1, 0.15) is 32.6 Å². The molecule has 1 atom stereocenters. The van der Waals surface area contributed by atoms with Crippen molar-refractivity contribution < 1.29 is 9.21 Å². The Labute approximate surface area is 119 Å². The molecular formula is C13H23N5O2. The number of carbonyl (C=O) groups is 1. The highest BCUT2D eigenvalue weighted by Crippen LogP contribution is 2.21. The first-order valence-electron chi connectivity index (χ1n) is 6.91. The van der Waals surface area contributed by atoms with E-state index in [2.05, 4.69) is 25.7 Å². The second-order valence-electron chi connectivity index (χ2n) is 6.06. The van der Waals surface area contributed by atoms with Gasteiger partial charge in [-0.25, -0.2) is 0 Å². The molecule has 1 amide bonds. The van der Waals surface area contributed by atoms with Crippen molar-refractivity contribution in [3.05, 3.63) is 11.8 Å². The summed E-state index contributed by atoms with van der Waals surface area (Å²) in [5.41, 5.74) is -0.158. The van der Waals surface area contributed by atoms with E-state index < -0.39 is 0 Å². The molecule has 0 saturated carbocycles. The van der Waals surface area contributed by atoms with E-state index in [0.29, 0.717) is 24.9 Å². The average molecular weight is 281 g/mol. The number of carbonyl (C=O) groups excluding carboxylic acids is 1. The lowest BCUT2D eigenvalue weighted by atomic mass is 9.97. The van der Waals surface area contributed by atoms with Gasteiger partial charge in [-0.3, -0.25) is 9.69 Å². The van der Waals surface area contributed by atoms with E-state index in [0.717, 1.165) is 13.1 Å². The number of nitrogens with zero attached hydrogens (tertiary/aromatic N) is 3. The molecule has 0 aliphatic carbocycles. The molecule has 7 nitrogen and oxygen atoms in total. The highest BCUT2D eigenvalue weighted by Gasteiger charge is 2.30. The van der Waals surface area contributed by atoms with Crippen molar-refractivity contribution in [2.75, 3.05) is 26.7 Å². The standard InChI is InChI=1S/C13H23N5O2/c1-13(2,3)12-17-16-10(20-12)8-18-6-5-15-7-9(18)11(19)14-4/h9,15H,5-8H2,1-4H3,(H,14,19). The van der Waals surface area contributed by atoms with Gasteiger partial charge in [0.15, 0.2) is 0 Å². The highest BCUT2D eigenvalue weighted by atomic mass is 16.4. The number of aromatic nitrogens is 2. The summed E-state index contributed by atoms with van der Waals surface area (Å²) in [4.78, 5) is 13.9. The van der Waals surface area contributed by atoms with E-state index in [4.69, 9.17) is 4.42 Å². The molecule has 0 bridgehead atoms. The monoisotopic (exact) mass is 281 g/mol. The Hall–Kier alpha value is -1.47. The molecule has 2 rings (SSSR count). The third kappa shape index (κ3) is 3.34. The maximum absolute atomic E-state index is 11.9. The minimum Gasteiger partial charge on any atom is -0.423 e. The summed E-state index contributed by atoms with van der Waals surface area (Å²) >= 11 is 0. The Morgan fingerprint density at radius 3 is 2.85 bits per heavy atom. The summed E-state index contributed by atoms with van der Waals surface area (Å²) in [7, 11) is 1.65. The van der Waals surface area contributed by atoms with Gasteiger partial charge in [-0.15, -0.1) is 10.2 Å². The molecule has 2 N–H and O–H groups in total. The third-order valence-electron chi connectivity index (χ3n) is 3.35. The zero-order valence-corrected chi connectivity index (χ0v) is 12.6. The third-order valence-corrected chi connectivity index (χ3v) is 3.35. The molecule has 1 unspecified atom stereocenters. The molecule has 1 aromatic heterocycles. The van der Waals surface area contributed by atoms with Crippen LogP contribution in [0.5, 0.6) is 0 Å². The van der Waals surface area contributed by atoms with Crippen LogP contribution in [0.4, 0.5) is 0 Å². The van der Waals surface area contributed by atoms with Gasteiger partial charge in [0, 0.05) is 32.1 Å². The molecule has 0 radical (unpaired) electrons. The van der Waals surface area contributed by atoms with Crippen LogP contribution in [0.25, 0.3) is 0 Å². The molecule has 112 valence electrons. The number of nitrogens with one attached hydrogen (secondary N) is 2. The van der Waals surface area contributed by atoms with Crippen LogP contribution in [-0.4, -0.2) is 53.7 Å². The van der Waals surface area contributed by atoms with E-state index in [-0.39, 0.29) is 17.4 Å². The molecule has 20 heavy (non-hydrogen) atoms. The largest absolute Gasteiger partial charge is 0.423 e. The van der Waals surface area contributed by atoms with Crippen LogP contribution in [-0.2, 0) is 16.8 Å². The van der Waals surface area contributed by atoms with Gasteiger partial charge in [0.05, 0.1) is 6.54 Å². The van der Waals surface area contributed by atoms with Crippen molar-refractivity contribution in [2.45, 2.75) is 38.8 Å². The Morgan fingerprint density at radius 2 is 2.25 bits per heavy atom. The second kappa shape index (κ2) is 5.88. The number of piperazine rings is 1. The highest BCUT2D eigenvalue weighted by molar-refractivity contribution is 5.81. The van der Waals surface area contributed by atoms with Gasteiger partial charge >= 0.3 is 0 Å². The first kappa shape index (κ1) is 14.9. The lowest BCUT2D eigenvalue weighted by Gasteiger charge is -2.33. The van der Waals surface area contributed by atoms with Crippen LogP contribution in [0.3, 0.4) is 0 Å². The maximum Gasteiger partial charge on any atom is 0.238 e. The molecule has 2 heterocycles. The van der Waals surface area contributed by atoms with Crippen molar-refractivity contribution in [3.8, 4) is 0 Å². The molecular weight excluding hydrogens is 258 g/mol. The van der Waals surface area contributed by atoms with Crippen LogP contribution in [0.15, 0.2) is 4.42 Å². The minimum absolute atomic E-state index is 0.00719. The number of amides is 1. The molecule has 1 aliphatic heterocycles. The normalized spacial score (nSPS) is 20.9. The van der Waals surface area contributed by atoms with Crippen molar-refractivity contribution in [2.24, 2.45) is 0 Å². The molecule has 1 fully saturated rings. The van der Waals surface area contributed by atoms with Crippen molar-refractivity contribution in [1.29, 1.82) is 0 Å². The molecule has 0 aromatic carbocycles. The fourth-order valence-electron chi connectivity index (χ4n) is 2.16. The maximum atomic E-state index is 11.9. The lowest BCUT2D eigenvalue weighted by Crippen LogP contribution is -2.56. The van der Waals surface area contributed by atoms with Crippen LogP contribution < -0.4 is 10.6 Å². The van der Waals surface area contributed by atoms with Gasteiger partial charge in [0.25, 0.3) is 0 Å². The minimum atomic E-state index is -0.196.